The first kappa shape index (κ1) is 24.8. The molecule has 3 aromatic rings. The van der Waals surface area contributed by atoms with Crippen LogP contribution < -0.4 is 10.9 Å². The fraction of sp³-hybridized carbons (Fsp3) is 0.429. The van der Waals surface area contributed by atoms with Gasteiger partial charge in [0.1, 0.15) is 5.65 Å². The standard InChI is InChI=1S/C28H33N5O4/c1-17(2)16-32-26-21(13-14-23(34)31-15-7-10-22(31)19-8-5-4-6-9-19)18(3)30-33(26)28(37)24(27(32)36)25(35)29-20-11-12-20/h4-6,8-9,13-14,17,20,22,36H,7,10-12,15-16H2,1-3H3,(H,29,35). The van der Waals surface area contributed by atoms with Crippen molar-refractivity contribution >= 4 is 23.5 Å². The van der Waals surface area contributed by atoms with Crippen molar-refractivity contribution in [3.63, 3.8) is 0 Å². The predicted molar refractivity (Wildman–Crippen MR) is 140 cm³/mol. The van der Waals surface area contributed by atoms with E-state index in [0.29, 0.717) is 30.0 Å². The maximum Gasteiger partial charge on any atom is 0.291 e. The molecule has 2 amide bonds. The summed E-state index contributed by atoms with van der Waals surface area (Å²) in [5.74, 6) is -0.978. The summed E-state index contributed by atoms with van der Waals surface area (Å²) in [6.07, 6.45) is 6.75. The number of nitrogens with one attached hydrogen (secondary N) is 1. The number of aryl methyl sites for hydroxylation is 1. The lowest BCUT2D eigenvalue weighted by Gasteiger charge is -2.23. The fourth-order valence-electron chi connectivity index (χ4n) is 5.08. The number of likely N-dealkylation sites (tertiary alicyclic amines) is 1. The zero-order valence-corrected chi connectivity index (χ0v) is 21.5. The summed E-state index contributed by atoms with van der Waals surface area (Å²) < 4.78 is 2.73. The predicted octanol–water partition coefficient (Wildman–Crippen LogP) is 3.44. The lowest BCUT2D eigenvalue weighted by molar-refractivity contribution is -0.126. The van der Waals surface area contributed by atoms with Crippen LogP contribution in [-0.4, -0.2) is 48.6 Å². The van der Waals surface area contributed by atoms with E-state index in [1.807, 2.05) is 49.1 Å². The van der Waals surface area contributed by atoms with Crippen LogP contribution in [0.2, 0.25) is 0 Å². The molecule has 2 N–H and O–H groups in total. The van der Waals surface area contributed by atoms with Gasteiger partial charge in [-0.25, -0.2) is 0 Å². The molecule has 0 bridgehead atoms. The average molecular weight is 504 g/mol. The van der Waals surface area contributed by atoms with Crippen LogP contribution in [0.5, 0.6) is 5.88 Å². The first-order valence-electron chi connectivity index (χ1n) is 13.0. The van der Waals surface area contributed by atoms with Crippen LogP contribution >= 0.6 is 0 Å². The van der Waals surface area contributed by atoms with E-state index < -0.39 is 11.5 Å². The Bertz CT molecular complexity index is 1430. The van der Waals surface area contributed by atoms with Gasteiger partial charge in [-0.3, -0.25) is 19.0 Å². The van der Waals surface area contributed by atoms with Crippen molar-refractivity contribution in [3.8, 4) is 5.88 Å². The summed E-state index contributed by atoms with van der Waals surface area (Å²) in [5, 5.41) is 18.3. The van der Waals surface area contributed by atoms with Crippen LogP contribution in [0.3, 0.4) is 0 Å². The number of hydrogen-bond donors (Lipinski definition) is 2. The Morgan fingerprint density at radius 2 is 1.92 bits per heavy atom. The van der Waals surface area contributed by atoms with Crippen LogP contribution in [0, 0.1) is 12.8 Å². The molecule has 1 saturated heterocycles. The zero-order valence-electron chi connectivity index (χ0n) is 21.5. The van der Waals surface area contributed by atoms with Gasteiger partial charge in [0.15, 0.2) is 5.56 Å². The lowest BCUT2D eigenvalue weighted by Crippen LogP contribution is -2.34. The molecule has 37 heavy (non-hydrogen) atoms. The minimum Gasteiger partial charge on any atom is -0.494 e. The van der Waals surface area contributed by atoms with Gasteiger partial charge in [-0.05, 0) is 50.2 Å². The number of amides is 2. The smallest absolute Gasteiger partial charge is 0.291 e. The van der Waals surface area contributed by atoms with E-state index in [2.05, 4.69) is 10.4 Å². The summed E-state index contributed by atoms with van der Waals surface area (Å²) in [6, 6.07) is 10.1. The van der Waals surface area contributed by atoms with Gasteiger partial charge in [0.2, 0.25) is 11.8 Å². The Hall–Kier alpha value is -3.88. The monoisotopic (exact) mass is 503 g/mol. The minimum absolute atomic E-state index is 0.0269. The molecule has 0 spiro atoms. The molecular formula is C28H33N5O4. The van der Waals surface area contributed by atoms with E-state index in [-0.39, 0.29) is 35.4 Å². The number of carbonyl (C=O) groups is 2. The molecule has 1 aromatic carbocycles. The zero-order chi connectivity index (χ0) is 26.3. The second kappa shape index (κ2) is 9.88. The molecule has 0 radical (unpaired) electrons. The van der Waals surface area contributed by atoms with Gasteiger partial charge in [0, 0.05) is 30.8 Å². The second-order valence-corrected chi connectivity index (χ2v) is 10.4. The Balaban J connectivity index is 1.54. The summed E-state index contributed by atoms with van der Waals surface area (Å²) in [4.78, 5) is 41.3. The highest BCUT2D eigenvalue weighted by Crippen LogP contribution is 2.32. The molecule has 2 fully saturated rings. The number of aromatic nitrogens is 3. The first-order chi connectivity index (χ1) is 17.8. The number of benzene rings is 1. The van der Waals surface area contributed by atoms with Crippen molar-refractivity contribution in [1.29, 1.82) is 0 Å². The van der Waals surface area contributed by atoms with E-state index in [1.54, 1.807) is 17.6 Å². The fourth-order valence-corrected chi connectivity index (χ4v) is 5.08. The molecule has 1 aliphatic carbocycles. The van der Waals surface area contributed by atoms with Crippen molar-refractivity contribution in [3.05, 3.63) is 69.1 Å². The number of aromatic hydroxyl groups is 1. The maximum absolute atomic E-state index is 13.3. The van der Waals surface area contributed by atoms with E-state index in [9.17, 15) is 19.5 Å². The third-order valence-corrected chi connectivity index (χ3v) is 7.02. The largest absolute Gasteiger partial charge is 0.494 e. The molecule has 1 unspecified atom stereocenters. The molecule has 2 aromatic heterocycles. The van der Waals surface area contributed by atoms with Crippen molar-refractivity contribution in [2.75, 3.05) is 6.54 Å². The first-order valence-corrected chi connectivity index (χ1v) is 13.0. The minimum atomic E-state index is -0.677. The second-order valence-electron chi connectivity index (χ2n) is 10.4. The Morgan fingerprint density at radius 1 is 1.19 bits per heavy atom. The third kappa shape index (κ3) is 4.77. The molecule has 1 saturated carbocycles. The van der Waals surface area contributed by atoms with Crippen molar-refractivity contribution in [1.82, 2.24) is 24.4 Å². The topological polar surface area (TPSA) is 109 Å². The summed E-state index contributed by atoms with van der Waals surface area (Å²) in [6.45, 7) is 6.75. The molecule has 1 atom stereocenters. The van der Waals surface area contributed by atoms with E-state index in [1.165, 1.54) is 10.6 Å². The molecule has 9 nitrogen and oxygen atoms in total. The quantitative estimate of drug-likeness (QED) is 0.480. The molecule has 5 rings (SSSR count). The molecule has 3 heterocycles. The molecule has 194 valence electrons. The highest BCUT2D eigenvalue weighted by atomic mass is 16.3. The molecule has 1 aliphatic heterocycles. The van der Waals surface area contributed by atoms with Gasteiger partial charge in [0.25, 0.3) is 11.5 Å². The number of carbonyl (C=O) groups excluding carboxylic acids is 2. The maximum atomic E-state index is 13.3. The van der Waals surface area contributed by atoms with Crippen LogP contribution in [0.25, 0.3) is 11.7 Å². The Labute approximate surface area is 215 Å². The van der Waals surface area contributed by atoms with Gasteiger partial charge in [-0.1, -0.05) is 44.2 Å². The van der Waals surface area contributed by atoms with Crippen LogP contribution in [0.15, 0.2) is 41.2 Å². The molecule has 9 heteroatoms. The highest BCUT2D eigenvalue weighted by Gasteiger charge is 2.31. The SMILES string of the molecule is Cc1nn2c(=O)c(C(=O)NC3CC3)c(O)n(CC(C)C)c2c1C=CC(=O)N1CCCC1c1ccccc1. The Morgan fingerprint density at radius 3 is 2.59 bits per heavy atom. The van der Waals surface area contributed by atoms with Crippen LogP contribution in [-0.2, 0) is 11.3 Å². The normalized spacial score (nSPS) is 17.8. The van der Waals surface area contributed by atoms with Crippen molar-refractivity contribution in [2.24, 2.45) is 5.92 Å². The van der Waals surface area contributed by atoms with Gasteiger partial charge < -0.3 is 15.3 Å². The van der Waals surface area contributed by atoms with Crippen LogP contribution in [0.1, 0.15) is 72.8 Å². The van der Waals surface area contributed by atoms with E-state index in [0.717, 1.165) is 31.2 Å². The lowest BCUT2D eigenvalue weighted by atomic mass is 10.0. The summed E-state index contributed by atoms with van der Waals surface area (Å²) in [7, 11) is 0. The summed E-state index contributed by atoms with van der Waals surface area (Å²) >= 11 is 0. The van der Waals surface area contributed by atoms with Crippen molar-refractivity contribution < 1.29 is 14.7 Å². The molecular weight excluding hydrogens is 470 g/mol. The average Bonchev–Trinajstić information content (AvgIpc) is 3.42. The number of fused-ring (bicyclic) bond motifs is 1. The Kier molecular flexibility index (Phi) is 6.62. The van der Waals surface area contributed by atoms with E-state index in [4.69, 9.17) is 0 Å². The third-order valence-electron chi connectivity index (χ3n) is 7.02. The van der Waals surface area contributed by atoms with Crippen molar-refractivity contribution in [2.45, 2.75) is 65.1 Å². The number of hydrogen-bond acceptors (Lipinski definition) is 5. The van der Waals surface area contributed by atoms with Gasteiger partial charge in [0.05, 0.1) is 11.7 Å². The van der Waals surface area contributed by atoms with Gasteiger partial charge >= 0.3 is 0 Å². The molecule has 2 aliphatic rings. The highest BCUT2D eigenvalue weighted by molar-refractivity contribution is 5.97. The summed E-state index contributed by atoms with van der Waals surface area (Å²) in [5.41, 5.74) is 1.58. The van der Waals surface area contributed by atoms with Gasteiger partial charge in [-0.15, -0.1) is 0 Å². The van der Waals surface area contributed by atoms with E-state index >= 15 is 0 Å². The number of nitrogens with zero attached hydrogens (tertiary/aromatic N) is 4. The van der Waals surface area contributed by atoms with Gasteiger partial charge in [-0.2, -0.15) is 9.61 Å². The number of rotatable bonds is 7. The van der Waals surface area contributed by atoms with Crippen LogP contribution in [0.4, 0.5) is 0 Å².